The van der Waals surface area contributed by atoms with Gasteiger partial charge in [-0.15, -0.1) is 0 Å². The molecule has 1 fully saturated rings. The van der Waals surface area contributed by atoms with Crippen LogP contribution in [0.25, 0.3) is 22.2 Å². The van der Waals surface area contributed by atoms with Gasteiger partial charge in [0.25, 0.3) is 5.89 Å². The van der Waals surface area contributed by atoms with Crippen LogP contribution in [-0.4, -0.2) is 27.2 Å². The number of nitrogens with two attached hydrogens (primary N) is 2. The Morgan fingerprint density at radius 3 is 2.61 bits per heavy atom. The molecule has 0 amide bonds. The van der Waals surface area contributed by atoms with Gasteiger partial charge in [-0.05, 0) is 59.5 Å². The average Bonchev–Trinajstić information content (AvgIpc) is 3.48. The lowest BCUT2D eigenvalue weighted by atomic mass is 10.1. The van der Waals surface area contributed by atoms with Gasteiger partial charge in [-0.1, -0.05) is 47.1 Å². The molecule has 33 heavy (non-hydrogen) atoms. The van der Waals surface area contributed by atoms with Gasteiger partial charge in [0.15, 0.2) is 6.04 Å². The van der Waals surface area contributed by atoms with E-state index in [2.05, 4.69) is 10.1 Å². The van der Waals surface area contributed by atoms with Gasteiger partial charge in [0.05, 0.1) is 6.54 Å². The van der Waals surface area contributed by atoms with Crippen LogP contribution in [-0.2, 0) is 6.61 Å². The van der Waals surface area contributed by atoms with Gasteiger partial charge in [-0.25, -0.2) is 0 Å². The molecule has 2 heterocycles. The quantitative estimate of drug-likeness (QED) is 0.327. The maximum Gasteiger partial charge on any atom is 0.341 e. The second-order valence-corrected chi connectivity index (χ2v) is 8.31. The minimum absolute atomic E-state index is 0. The van der Waals surface area contributed by atoms with Gasteiger partial charge in [-0.2, -0.15) is 4.98 Å². The number of fused-ring (bicyclic) bond motifs is 1. The summed E-state index contributed by atoms with van der Waals surface area (Å²) >= 11 is 5.94. The van der Waals surface area contributed by atoms with Gasteiger partial charge >= 0.3 is 5.96 Å². The molecule has 1 aliphatic rings. The van der Waals surface area contributed by atoms with E-state index in [0.717, 1.165) is 47.0 Å². The van der Waals surface area contributed by atoms with Gasteiger partial charge in [-0.3, -0.25) is 16.0 Å². The summed E-state index contributed by atoms with van der Waals surface area (Å²) in [6.07, 6.45) is 1.87. The molecule has 7 nitrogen and oxygen atoms in total. The van der Waals surface area contributed by atoms with E-state index in [4.69, 9.17) is 32.3 Å². The summed E-state index contributed by atoms with van der Waals surface area (Å²) in [5, 5.41) is 7.03. The van der Waals surface area contributed by atoms with Crippen molar-refractivity contribution in [3.05, 3.63) is 77.1 Å². The zero-order valence-electron chi connectivity index (χ0n) is 17.7. The highest BCUT2D eigenvalue weighted by Crippen LogP contribution is 2.30. The van der Waals surface area contributed by atoms with E-state index in [-0.39, 0.29) is 24.4 Å². The highest BCUT2D eigenvalue weighted by atomic mass is 35.5. The Kier molecular flexibility index (Phi) is 6.72. The molecular weight excluding hydrogens is 461 g/mol. The predicted molar refractivity (Wildman–Crippen MR) is 124 cm³/mol. The van der Waals surface area contributed by atoms with Crippen LogP contribution < -0.4 is 28.6 Å². The topological polar surface area (TPSA) is 103 Å². The van der Waals surface area contributed by atoms with Crippen LogP contribution in [0.1, 0.15) is 30.3 Å². The number of benzene rings is 3. The Hall–Kier alpha value is -3.29. The van der Waals surface area contributed by atoms with Crippen LogP contribution >= 0.6 is 11.6 Å². The first-order valence-corrected chi connectivity index (χ1v) is 10.8. The number of aromatic nitrogens is 2. The Morgan fingerprint density at radius 1 is 1.06 bits per heavy atom. The van der Waals surface area contributed by atoms with E-state index in [9.17, 15) is 0 Å². The van der Waals surface area contributed by atoms with Crippen molar-refractivity contribution < 1.29 is 26.2 Å². The van der Waals surface area contributed by atoms with Gasteiger partial charge in [0, 0.05) is 10.6 Å². The van der Waals surface area contributed by atoms with Crippen LogP contribution in [0.4, 0.5) is 0 Å². The third-order valence-corrected chi connectivity index (χ3v) is 5.95. The minimum atomic E-state index is -0.0675. The van der Waals surface area contributed by atoms with Crippen LogP contribution in [0.15, 0.2) is 65.2 Å². The lowest BCUT2D eigenvalue weighted by Gasteiger charge is -2.08. The summed E-state index contributed by atoms with van der Waals surface area (Å²) < 4.78 is 13.4. The zero-order chi connectivity index (χ0) is 22.1. The van der Waals surface area contributed by atoms with Crippen LogP contribution in [0.3, 0.4) is 0 Å². The highest BCUT2D eigenvalue weighted by molar-refractivity contribution is 6.30. The lowest BCUT2D eigenvalue weighted by molar-refractivity contribution is -0.555. The number of ether oxygens (including phenoxy) is 1. The number of nitrogens with zero attached hydrogens (tertiary/aromatic N) is 3. The van der Waals surface area contributed by atoms with Crippen LogP contribution in [0, 0.1) is 0 Å². The molecular formula is C24H23Cl2N5O2. The standard InChI is InChI=1S/C24H22ClN5O2.ClH/c25-19-8-3-15(4-9-19)14-31-20-10-7-16-12-18(6-5-17(16)13-20)22-28-23(32-29-22)21-2-1-11-30(21)24(26)27;/h3-10,12-13,21H,1-2,11,14H2,(H3,26,27);1H/t21-;/m0./s1. The minimum Gasteiger partial charge on any atom is -1.00 e. The molecule has 170 valence electrons. The summed E-state index contributed by atoms with van der Waals surface area (Å²) in [5.41, 5.74) is 13.5. The van der Waals surface area contributed by atoms with E-state index in [0.29, 0.717) is 23.3 Å². The van der Waals surface area contributed by atoms with E-state index in [1.165, 1.54) is 0 Å². The molecule has 1 saturated heterocycles. The summed E-state index contributed by atoms with van der Waals surface area (Å²) in [7, 11) is 0. The van der Waals surface area contributed by atoms with Crippen molar-refractivity contribution in [3.8, 4) is 17.1 Å². The molecule has 9 heteroatoms. The smallest absolute Gasteiger partial charge is 0.341 e. The molecule has 0 unspecified atom stereocenters. The summed E-state index contributed by atoms with van der Waals surface area (Å²) in [6, 6.07) is 19.6. The zero-order valence-corrected chi connectivity index (χ0v) is 19.3. The van der Waals surface area contributed by atoms with Gasteiger partial charge < -0.3 is 21.7 Å². The highest BCUT2D eigenvalue weighted by Gasteiger charge is 2.31. The van der Waals surface area contributed by atoms with Crippen molar-refractivity contribution in [1.82, 2.24) is 10.1 Å². The first-order valence-electron chi connectivity index (χ1n) is 10.5. The number of rotatable bonds is 5. The van der Waals surface area contributed by atoms with E-state index < -0.39 is 0 Å². The van der Waals surface area contributed by atoms with Crippen molar-refractivity contribution in [2.75, 3.05) is 6.54 Å². The van der Waals surface area contributed by atoms with Crippen molar-refractivity contribution in [3.63, 3.8) is 0 Å². The van der Waals surface area contributed by atoms with E-state index in [1.807, 2.05) is 65.2 Å². The maximum atomic E-state index is 5.94. The molecule has 0 spiro atoms. The number of hydrogen-bond acceptors (Lipinski definition) is 4. The van der Waals surface area contributed by atoms with Crippen LogP contribution in [0.5, 0.6) is 5.75 Å². The number of halogens is 2. The summed E-state index contributed by atoms with van der Waals surface area (Å²) in [6.45, 7) is 1.28. The Morgan fingerprint density at radius 2 is 1.82 bits per heavy atom. The fourth-order valence-corrected chi connectivity index (χ4v) is 4.15. The molecule has 4 N–H and O–H groups in total. The molecule has 0 radical (unpaired) electrons. The molecule has 3 aromatic carbocycles. The monoisotopic (exact) mass is 483 g/mol. The third-order valence-electron chi connectivity index (χ3n) is 5.70. The van der Waals surface area contributed by atoms with E-state index >= 15 is 0 Å². The molecule has 1 atom stereocenters. The average molecular weight is 484 g/mol. The summed E-state index contributed by atoms with van der Waals surface area (Å²) in [4.78, 5) is 4.61. The lowest BCUT2D eigenvalue weighted by Crippen LogP contribution is -3.00. The molecule has 4 aromatic rings. The van der Waals surface area contributed by atoms with Gasteiger partial charge in [0.1, 0.15) is 12.4 Å². The molecule has 0 bridgehead atoms. The SMILES string of the molecule is NC(N)=[N+]1CCC[C@H]1c1nc(-c2ccc3cc(OCc4ccc(Cl)cc4)ccc3c2)no1.[Cl-]. The van der Waals surface area contributed by atoms with Crippen LogP contribution in [0.2, 0.25) is 5.02 Å². The fourth-order valence-electron chi connectivity index (χ4n) is 4.02. The normalized spacial score (nSPS) is 15.4. The Bertz CT molecular complexity index is 1300. The molecule has 5 rings (SSSR count). The maximum absolute atomic E-state index is 5.94. The van der Waals surface area contributed by atoms with E-state index in [1.54, 1.807) is 0 Å². The molecule has 0 aliphatic carbocycles. The van der Waals surface area contributed by atoms with Crippen molar-refractivity contribution in [1.29, 1.82) is 0 Å². The van der Waals surface area contributed by atoms with Crippen molar-refractivity contribution >= 4 is 28.3 Å². The Labute approximate surface area is 202 Å². The largest absolute Gasteiger partial charge is 1.00 e. The van der Waals surface area contributed by atoms with Gasteiger partial charge in [0.2, 0.25) is 5.82 Å². The fraction of sp³-hybridized carbons (Fsp3) is 0.208. The second-order valence-electron chi connectivity index (χ2n) is 7.87. The predicted octanol–water partition coefficient (Wildman–Crippen LogP) is 1.25. The first kappa shape index (κ1) is 22.9. The molecule has 1 aliphatic heterocycles. The summed E-state index contributed by atoms with van der Waals surface area (Å²) in [5.74, 6) is 2.18. The number of guanidine groups is 1. The first-order chi connectivity index (χ1) is 15.6. The van der Waals surface area contributed by atoms with Crippen molar-refractivity contribution in [2.45, 2.75) is 25.5 Å². The Balaban J connectivity index is 0.00000259. The number of hydrogen-bond donors (Lipinski definition) is 2. The molecule has 1 aromatic heterocycles. The second kappa shape index (κ2) is 9.68. The van der Waals surface area contributed by atoms with Crippen molar-refractivity contribution in [2.24, 2.45) is 11.5 Å². The molecule has 0 saturated carbocycles. The third kappa shape index (κ3) is 4.89.